The maximum atomic E-state index is 13.6. The van der Waals surface area contributed by atoms with E-state index < -0.39 is 32.6 Å². The molecule has 1 saturated carbocycles. The van der Waals surface area contributed by atoms with Gasteiger partial charge in [-0.25, -0.2) is 0 Å². The number of amides is 1. The highest BCUT2D eigenvalue weighted by Crippen LogP contribution is 2.53. The number of nitro benzene ring substituents is 1. The minimum absolute atomic E-state index is 0.259. The number of anilines is 1. The Bertz CT molecular complexity index is 831. The van der Waals surface area contributed by atoms with Gasteiger partial charge in [0.2, 0.25) is 11.7 Å². The summed E-state index contributed by atoms with van der Waals surface area (Å²) in [5.41, 5.74) is -0.961. The number of benzene rings is 2. The van der Waals surface area contributed by atoms with Gasteiger partial charge in [0, 0.05) is 16.1 Å². The van der Waals surface area contributed by atoms with Gasteiger partial charge in [0.1, 0.15) is 4.33 Å². The zero-order valence-corrected chi connectivity index (χ0v) is 15.9. The van der Waals surface area contributed by atoms with E-state index in [0.717, 1.165) is 6.07 Å². The van der Waals surface area contributed by atoms with Crippen molar-refractivity contribution in [2.75, 3.05) is 5.32 Å². The maximum Gasteiger partial charge on any atom is 0.306 e. The number of carbonyl (C=O) groups excluding carboxylic acids is 1. The molecule has 10 heteroatoms. The summed E-state index contributed by atoms with van der Waals surface area (Å²) in [6.07, 6.45) is 0.276. The van der Waals surface area contributed by atoms with Crippen molar-refractivity contribution < 1.29 is 14.1 Å². The van der Waals surface area contributed by atoms with E-state index >= 15 is 0 Å². The standard InChI is InChI=1S/C10H7Cl2FN2O3.C6H4Cl2/c11-10(12)4-5(10)9(16)14-6-2-1-3-7(8(6)13)15(17)18;7-5-2-1-3-6(8)4-5/h1-3,5H,4H2,(H,14,16);1-4H. The molecule has 0 saturated heterocycles. The first kappa shape index (κ1) is 20.7. The van der Waals surface area contributed by atoms with E-state index in [-0.39, 0.29) is 12.1 Å². The predicted molar refractivity (Wildman–Crippen MR) is 101 cm³/mol. The Hall–Kier alpha value is -1.60. The van der Waals surface area contributed by atoms with Crippen molar-refractivity contribution in [1.29, 1.82) is 0 Å². The van der Waals surface area contributed by atoms with Crippen molar-refractivity contribution in [2.24, 2.45) is 5.92 Å². The van der Waals surface area contributed by atoms with Crippen molar-refractivity contribution in [1.82, 2.24) is 0 Å². The molecular weight excluding hydrogens is 429 g/mol. The Morgan fingerprint density at radius 3 is 2.15 bits per heavy atom. The highest BCUT2D eigenvalue weighted by atomic mass is 35.5. The molecule has 2 aromatic rings. The van der Waals surface area contributed by atoms with Crippen molar-refractivity contribution in [3.8, 4) is 0 Å². The summed E-state index contributed by atoms with van der Waals surface area (Å²) in [7, 11) is 0. The van der Waals surface area contributed by atoms with Crippen molar-refractivity contribution >= 4 is 63.7 Å². The molecule has 0 radical (unpaired) electrons. The van der Waals surface area contributed by atoms with Gasteiger partial charge in [0.25, 0.3) is 0 Å². The fourth-order valence-corrected chi connectivity index (χ4v) is 2.88. The fraction of sp³-hybridized carbons (Fsp3) is 0.188. The van der Waals surface area contributed by atoms with E-state index in [2.05, 4.69) is 5.32 Å². The van der Waals surface area contributed by atoms with Crippen molar-refractivity contribution in [3.05, 3.63) is 68.4 Å². The van der Waals surface area contributed by atoms with Crippen LogP contribution in [-0.2, 0) is 4.79 Å². The molecule has 0 aromatic heterocycles. The number of nitro groups is 1. The number of hydrogen-bond donors (Lipinski definition) is 1. The van der Waals surface area contributed by atoms with Gasteiger partial charge in [0.05, 0.1) is 16.5 Å². The van der Waals surface area contributed by atoms with Crippen molar-refractivity contribution in [3.63, 3.8) is 0 Å². The molecule has 1 unspecified atom stereocenters. The molecule has 0 spiro atoms. The second-order valence-electron chi connectivity index (χ2n) is 5.34. The van der Waals surface area contributed by atoms with Gasteiger partial charge in [-0.1, -0.05) is 35.3 Å². The summed E-state index contributed by atoms with van der Waals surface area (Å²) in [6, 6.07) is 10.6. The molecule has 138 valence electrons. The van der Waals surface area contributed by atoms with E-state index in [9.17, 15) is 19.3 Å². The molecule has 0 heterocycles. The number of alkyl halides is 2. The van der Waals surface area contributed by atoms with Crippen LogP contribution in [-0.4, -0.2) is 15.2 Å². The average molecular weight is 440 g/mol. The van der Waals surface area contributed by atoms with Crippen LogP contribution in [0.4, 0.5) is 15.8 Å². The Labute approximate surface area is 168 Å². The lowest BCUT2D eigenvalue weighted by atomic mass is 10.2. The van der Waals surface area contributed by atoms with E-state index in [0.29, 0.717) is 10.0 Å². The Balaban J connectivity index is 0.000000254. The lowest BCUT2D eigenvalue weighted by molar-refractivity contribution is -0.387. The average Bonchev–Trinajstić information content (AvgIpc) is 3.18. The van der Waals surface area contributed by atoms with Crippen LogP contribution in [0.2, 0.25) is 10.0 Å². The minimum Gasteiger partial charge on any atom is -0.323 e. The number of nitrogens with zero attached hydrogens (tertiary/aromatic N) is 1. The molecule has 2 aromatic carbocycles. The van der Waals surface area contributed by atoms with Gasteiger partial charge in [0.15, 0.2) is 0 Å². The van der Waals surface area contributed by atoms with Gasteiger partial charge in [-0.2, -0.15) is 4.39 Å². The van der Waals surface area contributed by atoms with Crippen molar-refractivity contribution in [2.45, 2.75) is 10.8 Å². The van der Waals surface area contributed by atoms with Crippen LogP contribution in [0, 0.1) is 21.8 Å². The highest BCUT2D eigenvalue weighted by Gasteiger charge is 2.56. The molecule has 5 nitrogen and oxygen atoms in total. The van der Waals surface area contributed by atoms with Crippen LogP contribution >= 0.6 is 46.4 Å². The normalized spacial score (nSPS) is 16.9. The van der Waals surface area contributed by atoms with Gasteiger partial charge >= 0.3 is 5.69 Å². The fourth-order valence-electron chi connectivity index (χ4n) is 1.93. The Morgan fingerprint density at radius 1 is 1.19 bits per heavy atom. The number of nitrogens with one attached hydrogen (secondary N) is 1. The molecule has 26 heavy (non-hydrogen) atoms. The molecule has 1 atom stereocenters. The monoisotopic (exact) mass is 438 g/mol. The van der Waals surface area contributed by atoms with Gasteiger partial charge in [-0.3, -0.25) is 14.9 Å². The third kappa shape index (κ3) is 5.45. The lowest BCUT2D eigenvalue weighted by Gasteiger charge is -2.06. The Morgan fingerprint density at radius 2 is 1.73 bits per heavy atom. The van der Waals surface area contributed by atoms with Gasteiger partial charge in [-0.15, -0.1) is 23.2 Å². The van der Waals surface area contributed by atoms with Crippen LogP contribution in [0.15, 0.2) is 42.5 Å². The summed E-state index contributed by atoms with van der Waals surface area (Å²) < 4.78 is 12.5. The molecule has 3 rings (SSSR count). The topological polar surface area (TPSA) is 72.2 Å². The third-order valence-electron chi connectivity index (χ3n) is 3.36. The number of halogens is 5. The molecule has 1 amide bonds. The molecule has 1 fully saturated rings. The van der Waals surface area contributed by atoms with Crippen LogP contribution in [0.3, 0.4) is 0 Å². The van der Waals surface area contributed by atoms with E-state index in [4.69, 9.17) is 46.4 Å². The molecule has 0 aliphatic heterocycles. The molecule has 1 N–H and O–H groups in total. The van der Waals surface area contributed by atoms with Crippen LogP contribution in [0.5, 0.6) is 0 Å². The highest BCUT2D eigenvalue weighted by molar-refractivity contribution is 6.52. The zero-order valence-electron chi connectivity index (χ0n) is 12.9. The first-order valence-electron chi connectivity index (χ1n) is 7.14. The molecular formula is C16H11Cl4FN2O3. The molecule has 1 aliphatic rings. The summed E-state index contributed by atoms with van der Waals surface area (Å²) in [5, 5.41) is 14.1. The van der Waals surface area contributed by atoms with Crippen LogP contribution < -0.4 is 5.32 Å². The second-order valence-corrected chi connectivity index (χ2v) is 7.76. The summed E-state index contributed by atoms with van der Waals surface area (Å²) in [5.74, 6) is -2.27. The van der Waals surface area contributed by atoms with E-state index in [1.54, 1.807) is 18.2 Å². The summed E-state index contributed by atoms with van der Waals surface area (Å²) in [4.78, 5) is 21.3. The van der Waals surface area contributed by atoms with E-state index in [1.165, 1.54) is 12.1 Å². The van der Waals surface area contributed by atoms with E-state index in [1.807, 2.05) is 6.07 Å². The van der Waals surface area contributed by atoms with Crippen LogP contribution in [0.1, 0.15) is 6.42 Å². The smallest absolute Gasteiger partial charge is 0.306 e. The summed E-state index contributed by atoms with van der Waals surface area (Å²) in [6.45, 7) is 0. The third-order valence-corrected chi connectivity index (χ3v) is 4.67. The first-order valence-corrected chi connectivity index (χ1v) is 8.65. The zero-order chi connectivity index (χ0) is 19.5. The molecule has 1 aliphatic carbocycles. The van der Waals surface area contributed by atoms with Gasteiger partial charge in [-0.05, 0) is 30.7 Å². The lowest BCUT2D eigenvalue weighted by Crippen LogP contribution is -2.17. The summed E-state index contributed by atoms with van der Waals surface area (Å²) >= 11 is 22.5. The number of hydrogen-bond acceptors (Lipinski definition) is 3. The van der Waals surface area contributed by atoms with Crippen LogP contribution in [0.25, 0.3) is 0 Å². The quantitative estimate of drug-likeness (QED) is 0.369. The number of carbonyl (C=O) groups is 1. The predicted octanol–water partition coefficient (Wildman–Crippen LogP) is 5.86. The number of rotatable bonds is 3. The first-order chi connectivity index (χ1) is 12.1. The maximum absolute atomic E-state index is 13.6. The molecule has 0 bridgehead atoms. The Kier molecular flexibility index (Phi) is 6.69. The van der Waals surface area contributed by atoms with Gasteiger partial charge < -0.3 is 5.32 Å². The largest absolute Gasteiger partial charge is 0.323 e. The second kappa shape index (κ2) is 8.39. The minimum atomic E-state index is -1.12. The SMILES string of the molecule is Clc1cccc(Cl)c1.O=C(Nc1cccc([N+](=O)[O-])c1F)C1CC1(Cl)Cl.